The standard InChI is InChI=1S/C27H36N4O4/c1-18(2)26(27(33)31-10-12-34-13-11-31)35-24-8-4-7-22-21(16-30-25(22)24)14-19(3)29-17-23(32)20-6-5-9-28-15-20/h4-9,15-16,18-19,23,26,29-30,32H,10-14,17H2,1-3H3/t19-,23+,26+/m1/s1. The molecule has 4 rings (SSSR count). The van der Waals surface area contributed by atoms with Crippen LogP contribution in [0.4, 0.5) is 0 Å². The number of fused-ring (bicyclic) bond motifs is 1. The van der Waals surface area contributed by atoms with E-state index in [2.05, 4.69) is 28.3 Å². The molecule has 0 spiro atoms. The van der Waals surface area contributed by atoms with Crippen LogP contribution in [-0.2, 0) is 16.0 Å². The van der Waals surface area contributed by atoms with E-state index in [0.717, 1.165) is 28.5 Å². The third-order valence-electron chi connectivity index (χ3n) is 6.44. The number of nitrogens with one attached hydrogen (secondary N) is 2. The van der Waals surface area contributed by atoms with Crippen molar-refractivity contribution in [3.05, 3.63) is 60.0 Å². The van der Waals surface area contributed by atoms with E-state index in [0.29, 0.717) is 38.6 Å². The van der Waals surface area contributed by atoms with Crippen molar-refractivity contribution in [3.63, 3.8) is 0 Å². The molecule has 0 saturated carbocycles. The van der Waals surface area contributed by atoms with Gasteiger partial charge in [-0.25, -0.2) is 0 Å². The van der Waals surface area contributed by atoms with Gasteiger partial charge in [-0.2, -0.15) is 0 Å². The van der Waals surface area contributed by atoms with Crippen LogP contribution in [-0.4, -0.2) is 70.9 Å². The number of amides is 1. The van der Waals surface area contributed by atoms with Gasteiger partial charge in [0.1, 0.15) is 5.75 Å². The number of rotatable bonds is 10. The summed E-state index contributed by atoms with van der Waals surface area (Å²) in [4.78, 5) is 22.4. The first-order valence-corrected chi connectivity index (χ1v) is 12.4. The summed E-state index contributed by atoms with van der Waals surface area (Å²) < 4.78 is 11.7. The molecule has 3 heterocycles. The maximum Gasteiger partial charge on any atom is 0.264 e. The highest BCUT2D eigenvalue weighted by molar-refractivity contribution is 5.89. The predicted molar refractivity (Wildman–Crippen MR) is 135 cm³/mol. The van der Waals surface area contributed by atoms with Crippen LogP contribution in [0.5, 0.6) is 5.75 Å². The van der Waals surface area contributed by atoms with Crippen molar-refractivity contribution in [2.75, 3.05) is 32.8 Å². The number of aliphatic hydroxyl groups excluding tert-OH is 1. The fourth-order valence-corrected chi connectivity index (χ4v) is 4.43. The van der Waals surface area contributed by atoms with Crippen molar-refractivity contribution in [2.24, 2.45) is 5.92 Å². The monoisotopic (exact) mass is 480 g/mol. The second kappa shape index (κ2) is 11.7. The number of morpholine rings is 1. The number of hydrogen-bond acceptors (Lipinski definition) is 6. The van der Waals surface area contributed by atoms with Crippen molar-refractivity contribution in [3.8, 4) is 5.75 Å². The molecule has 1 saturated heterocycles. The van der Waals surface area contributed by atoms with Crippen LogP contribution >= 0.6 is 0 Å². The fraction of sp³-hybridized carbons (Fsp3) is 0.481. The number of pyridine rings is 1. The van der Waals surface area contributed by atoms with Gasteiger partial charge < -0.3 is 29.8 Å². The van der Waals surface area contributed by atoms with E-state index in [-0.39, 0.29) is 17.9 Å². The van der Waals surface area contributed by atoms with E-state index in [4.69, 9.17) is 9.47 Å². The lowest BCUT2D eigenvalue weighted by molar-refractivity contribution is -0.144. The molecule has 188 valence electrons. The number of benzene rings is 1. The van der Waals surface area contributed by atoms with Crippen molar-refractivity contribution < 1.29 is 19.4 Å². The minimum atomic E-state index is -0.605. The van der Waals surface area contributed by atoms with Gasteiger partial charge in [-0.05, 0) is 37.0 Å². The number of nitrogens with zero attached hydrogens (tertiary/aromatic N) is 2. The molecule has 0 unspecified atom stereocenters. The summed E-state index contributed by atoms with van der Waals surface area (Å²) in [6.45, 7) is 8.90. The Hall–Kier alpha value is -2.94. The smallest absolute Gasteiger partial charge is 0.264 e. The van der Waals surface area contributed by atoms with Crippen molar-refractivity contribution in [1.82, 2.24) is 20.2 Å². The van der Waals surface area contributed by atoms with Gasteiger partial charge in [0.15, 0.2) is 6.10 Å². The topological polar surface area (TPSA) is 99.7 Å². The van der Waals surface area contributed by atoms with Crippen LogP contribution in [0.3, 0.4) is 0 Å². The molecule has 2 aromatic heterocycles. The van der Waals surface area contributed by atoms with E-state index in [1.54, 1.807) is 12.4 Å². The molecule has 1 aromatic carbocycles. The third kappa shape index (κ3) is 6.20. The average molecular weight is 481 g/mol. The Kier molecular flexibility index (Phi) is 8.38. The summed E-state index contributed by atoms with van der Waals surface area (Å²) in [5.41, 5.74) is 2.85. The summed E-state index contributed by atoms with van der Waals surface area (Å²) in [5.74, 6) is 0.726. The number of H-pyrrole nitrogens is 1. The molecule has 0 aliphatic carbocycles. The van der Waals surface area contributed by atoms with Gasteiger partial charge in [0, 0.05) is 55.2 Å². The van der Waals surface area contributed by atoms with E-state index in [1.807, 2.05) is 49.2 Å². The maximum atomic E-state index is 13.2. The lowest BCUT2D eigenvalue weighted by atomic mass is 10.0. The molecule has 8 heteroatoms. The molecule has 1 aliphatic heterocycles. The van der Waals surface area contributed by atoms with Gasteiger partial charge in [-0.1, -0.05) is 32.0 Å². The Morgan fingerprint density at radius 1 is 1.23 bits per heavy atom. The highest BCUT2D eigenvalue weighted by Crippen LogP contribution is 2.30. The zero-order valence-corrected chi connectivity index (χ0v) is 20.7. The third-order valence-corrected chi connectivity index (χ3v) is 6.44. The zero-order valence-electron chi connectivity index (χ0n) is 20.7. The highest BCUT2D eigenvalue weighted by Gasteiger charge is 2.30. The second-order valence-corrected chi connectivity index (χ2v) is 9.53. The van der Waals surface area contributed by atoms with E-state index >= 15 is 0 Å². The number of ether oxygens (including phenoxy) is 2. The van der Waals surface area contributed by atoms with Gasteiger partial charge in [0.2, 0.25) is 0 Å². The molecule has 1 aliphatic rings. The number of aromatic amines is 1. The predicted octanol–water partition coefficient (Wildman–Crippen LogP) is 3.08. The lowest BCUT2D eigenvalue weighted by Crippen LogP contribution is -2.49. The Bertz CT molecular complexity index is 1100. The Labute approximate surface area is 206 Å². The number of carbonyl (C=O) groups excluding carboxylic acids is 1. The van der Waals surface area contributed by atoms with Crippen LogP contribution in [0.2, 0.25) is 0 Å². The largest absolute Gasteiger partial charge is 0.478 e. The number of hydrogen-bond donors (Lipinski definition) is 3. The molecule has 0 bridgehead atoms. The Balaban J connectivity index is 1.43. The summed E-state index contributed by atoms with van der Waals surface area (Å²) in [6, 6.07) is 9.80. The van der Waals surface area contributed by atoms with Crippen LogP contribution in [0.25, 0.3) is 10.9 Å². The Morgan fingerprint density at radius 3 is 2.74 bits per heavy atom. The van der Waals surface area contributed by atoms with E-state index in [9.17, 15) is 9.90 Å². The quantitative estimate of drug-likeness (QED) is 0.412. The number of carbonyl (C=O) groups is 1. The van der Waals surface area contributed by atoms with Crippen LogP contribution < -0.4 is 10.1 Å². The molecule has 1 amide bonds. The van der Waals surface area contributed by atoms with Crippen LogP contribution in [0.1, 0.15) is 38.0 Å². The van der Waals surface area contributed by atoms with Gasteiger partial charge in [0.25, 0.3) is 5.91 Å². The average Bonchev–Trinajstić information content (AvgIpc) is 3.29. The van der Waals surface area contributed by atoms with Gasteiger partial charge >= 0.3 is 0 Å². The fourth-order valence-electron chi connectivity index (χ4n) is 4.43. The molecule has 3 aromatic rings. The molecule has 3 N–H and O–H groups in total. The first-order chi connectivity index (χ1) is 16.9. The second-order valence-electron chi connectivity index (χ2n) is 9.53. The van der Waals surface area contributed by atoms with E-state index in [1.165, 1.54) is 0 Å². The molecule has 0 radical (unpaired) electrons. The number of para-hydroxylation sites is 1. The van der Waals surface area contributed by atoms with Crippen molar-refractivity contribution >= 4 is 16.8 Å². The Morgan fingerprint density at radius 2 is 2.03 bits per heavy atom. The van der Waals surface area contributed by atoms with Crippen LogP contribution in [0, 0.1) is 5.92 Å². The molecule has 3 atom stereocenters. The normalized spacial score (nSPS) is 16.9. The summed E-state index contributed by atoms with van der Waals surface area (Å²) >= 11 is 0. The maximum absolute atomic E-state index is 13.2. The van der Waals surface area contributed by atoms with Crippen LogP contribution in [0.15, 0.2) is 48.9 Å². The molecular formula is C27H36N4O4. The van der Waals surface area contributed by atoms with Crippen molar-refractivity contribution in [1.29, 1.82) is 0 Å². The van der Waals surface area contributed by atoms with Gasteiger partial charge in [0.05, 0.1) is 24.8 Å². The minimum Gasteiger partial charge on any atom is -0.478 e. The molecule has 35 heavy (non-hydrogen) atoms. The first kappa shape index (κ1) is 25.2. The zero-order chi connectivity index (χ0) is 24.8. The first-order valence-electron chi connectivity index (χ1n) is 12.4. The summed E-state index contributed by atoms with van der Waals surface area (Å²) in [6.07, 6.45) is 5.01. The molecule has 8 nitrogen and oxygen atoms in total. The number of aromatic nitrogens is 2. The minimum absolute atomic E-state index is 0.0112. The summed E-state index contributed by atoms with van der Waals surface area (Å²) in [7, 11) is 0. The van der Waals surface area contributed by atoms with Gasteiger partial charge in [-0.3, -0.25) is 9.78 Å². The number of aliphatic hydroxyl groups is 1. The van der Waals surface area contributed by atoms with E-state index < -0.39 is 12.2 Å². The SMILES string of the molecule is CC(C)[C@H](Oc1cccc2c(C[C@@H](C)NC[C@H](O)c3cccnc3)c[nH]c12)C(=O)N1CCOCC1. The lowest BCUT2D eigenvalue weighted by Gasteiger charge is -2.32. The molecule has 1 fully saturated rings. The van der Waals surface area contributed by atoms with Gasteiger partial charge in [-0.15, -0.1) is 0 Å². The highest BCUT2D eigenvalue weighted by atomic mass is 16.5. The molecular weight excluding hydrogens is 444 g/mol. The summed E-state index contributed by atoms with van der Waals surface area (Å²) in [5, 5.41) is 14.9. The van der Waals surface area contributed by atoms with Crippen molar-refractivity contribution in [2.45, 2.75) is 45.4 Å².